The summed E-state index contributed by atoms with van der Waals surface area (Å²) in [5.41, 5.74) is 0.682. The molecule has 0 radical (unpaired) electrons. The van der Waals surface area contributed by atoms with Crippen molar-refractivity contribution in [1.29, 1.82) is 5.26 Å². The van der Waals surface area contributed by atoms with E-state index in [1.165, 1.54) is 23.5 Å². The van der Waals surface area contributed by atoms with Gasteiger partial charge in [-0.05, 0) is 56.1 Å². The van der Waals surface area contributed by atoms with Crippen LogP contribution in [0.3, 0.4) is 0 Å². The van der Waals surface area contributed by atoms with Crippen LogP contribution in [0.1, 0.15) is 15.9 Å². The Labute approximate surface area is 135 Å². The van der Waals surface area contributed by atoms with E-state index in [4.69, 9.17) is 10.00 Å². The molecule has 0 aliphatic heterocycles. The second-order valence-corrected chi connectivity index (χ2v) is 7.46. The maximum absolute atomic E-state index is 13.6. The lowest BCUT2D eigenvalue weighted by Crippen LogP contribution is -2.12. The summed E-state index contributed by atoms with van der Waals surface area (Å²) < 4.78 is 20.2. The molecule has 0 aliphatic rings. The Hall–Kier alpha value is -1.23. The Kier molecular flexibility index (Phi) is 4.91. The van der Waals surface area contributed by atoms with Crippen LogP contribution in [0.2, 0.25) is 0 Å². The van der Waals surface area contributed by atoms with E-state index in [1.807, 2.05) is 6.07 Å². The highest BCUT2D eigenvalue weighted by Gasteiger charge is 2.15. The fourth-order valence-corrected chi connectivity index (χ4v) is 4.29. The van der Waals surface area contributed by atoms with Crippen molar-refractivity contribution >= 4 is 49.0 Å². The molecule has 1 aromatic heterocycles. The van der Waals surface area contributed by atoms with Gasteiger partial charge in [-0.1, -0.05) is 0 Å². The third-order valence-electron chi connectivity index (χ3n) is 2.38. The van der Waals surface area contributed by atoms with E-state index in [-0.39, 0.29) is 23.7 Å². The summed E-state index contributed by atoms with van der Waals surface area (Å²) in [7, 11) is 0. The Balaban J connectivity index is 2.08. The van der Waals surface area contributed by atoms with Crippen molar-refractivity contribution in [3.8, 4) is 11.8 Å². The third-order valence-corrected chi connectivity index (χ3v) is 4.72. The molecule has 0 N–H and O–H groups in total. The average Bonchev–Trinajstić information content (AvgIpc) is 2.76. The molecule has 3 nitrogen and oxygen atoms in total. The van der Waals surface area contributed by atoms with Gasteiger partial charge in [0, 0.05) is 5.56 Å². The molecule has 1 aromatic carbocycles. The van der Waals surface area contributed by atoms with Gasteiger partial charge in [-0.25, -0.2) is 4.39 Å². The second-order valence-electron chi connectivity index (χ2n) is 3.71. The smallest absolute Gasteiger partial charge is 0.202 e. The zero-order valence-corrected chi connectivity index (χ0v) is 13.8. The van der Waals surface area contributed by atoms with Crippen LogP contribution in [0.5, 0.6) is 5.75 Å². The molecule has 0 bridgehead atoms. The van der Waals surface area contributed by atoms with Gasteiger partial charge in [0.1, 0.15) is 0 Å². The average molecular weight is 419 g/mol. The van der Waals surface area contributed by atoms with Crippen molar-refractivity contribution in [1.82, 2.24) is 0 Å². The van der Waals surface area contributed by atoms with Gasteiger partial charge in [0.25, 0.3) is 0 Å². The highest BCUT2D eigenvalue weighted by atomic mass is 79.9. The van der Waals surface area contributed by atoms with Crippen molar-refractivity contribution in [2.75, 3.05) is 6.61 Å². The number of halogens is 3. The molecule has 0 fully saturated rings. The number of benzene rings is 1. The van der Waals surface area contributed by atoms with Crippen molar-refractivity contribution in [3.05, 3.63) is 48.8 Å². The van der Waals surface area contributed by atoms with Crippen molar-refractivity contribution < 1.29 is 13.9 Å². The maximum Gasteiger partial charge on any atom is 0.202 e. The number of rotatable bonds is 4. The summed E-state index contributed by atoms with van der Waals surface area (Å²) >= 11 is 7.93. The number of nitrogens with zero attached hydrogens (tertiary/aromatic N) is 1. The van der Waals surface area contributed by atoms with Crippen molar-refractivity contribution in [3.63, 3.8) is 0 Å². The highest BCUT2D eigenvalue weighted by Crippen LogP contribution is 2.32. The third kappa shape index (κ3) is 3.45. The first kappa shape index (κ1) is 15.2. The maximum atomic E-state index is 13.6. The van der Waals surface area contributed by atoms with Crippen LogP contribution in [0.25, 0.3) is 0 Å². The Morgan fingerprint density at radius 2 is 2.15 bits per heavy atom. The van der Waals surface area contributed by atoms with Gasteiger partial charge in [0.05, 0.1) is 19.2 Å². The summed E-state index contributed by atoms with van der Waals surface area (Å²) in [6, 6.07) is 7.33. The molecule has 7 heteroatoms. The molecular weight excluding hydrogens is 413 g/mol. The number of hydrogen-bond acceptors (Lipinski definition) is 4. The number of carbonyl (C=O) groups is 1. The molecule has 0 atom stereocenters. The normalized spacial score (nSPS) is 10.1. The first-order valence-corrected chi connectivity index (χ1v) is 7.72. The highest BCUT2D eigenvalue weighted by molar-refractivity contribution is 9.12. The molecule has 102 valence electrons. The number of hydrogen-bond donors (Lipinski definition) is 0. The summed E-state index contributed by atoms with van der Waals surface area (Å²) in [5.74, 6) is -0.979. The number of thiophene rings is 1. The minimum absolute atomic E-state index is 0.0530. The van der Waals surface area contributed by atoms with E-state index >= 15 is 0 Å². The van der Waals surface area contributed by atoms with Gasteiger partial charge >= 0.3 is 0 Å². The predicted molar refractivity (Wildman–Crippen MR) is 80.7 cm³/mol. The number of carbonyl (C=O) groups excluding carboxylic acids is 1. The van der Waals surface area contributed by atoms with Crippen molar-refractivity contribution in [2.45, 2.75) is 0 Å². The van der Waals surface area contributed by atoms with Gasteiger partial charge in [0.15, 0.2) is 18.2 Å². The number of Topliss-reactive ketones (excluding diaryl/α,β-unsaturated/α-hetero) is 1. The summed E-state index contributed by atoms with van der Waals surface area (Å²) in [5, 5.41) is 8.63. The Bertz CT molecular complexity index is 709. The zero-order chi connectivity index (χ0) is 14.7. The zero-order valence-electron chi connectivity index (χ0n) is 9.82. The molecule has 2 aromatic rings. The summed E-state index contributed by atoms with van der Waals surface area (Å²) in [6.45, 7) is -0.273. The van der Waals surface area contributed by atoms with Crippen LogP contribution >= 0.6 is 43.2 Å². The van der Waals surface area contributed by atoms with Crippen LogP contribution in [0.15, 0.2) is 31.8 Å². The number of ether oxygens (including phenoxy) is 1. The van der Waals surface area contributed by atoms with Gasteiger partial charge in [-0.3, -0.25) is 4.79 Å². The lowest BCUT2D eigenvalue weighted by Gasteiger charge is -2.06. The monoisotopic (exact) mass is 417 g/mol. The van der Waals surface area contributed by atoms with Crippen LogP contribution in [0.4, 0.5) is 4.39 Å². The molecule has 0 saturated heterocycles. The van der Waals surface area contributed by atoms with Gasteiger partial charge in [-0.2, -0.15) is 5.26 Å². The van der Waals surface area contributed by atoms with Gasteiger partial charge < -0.3 is 4.74 Å². The van der Waals surface area contributed by atoms with Gasteiger partial charge in [-0.15, -0.1) is 11.3 Å². The van der Waals surface area contributed by atoms with Gasteiger partial charge in [0.2, 0.25) is 5.78 Å². The largest absolute Gasteiger partial charge is 0.482 e. The van der Waals surface area contributed by atoms with E-state index in [2.05, 4.69) is 31.9 Å². The molecule has 20 heavy (non-hydrogen) atoms. The SMILES string of the molecule is N#Cc1ccc(OCC(=O)c2cc(Br)sc2Br)c(F)c1. The number of ketones is 1. The summed E-state index contributed by atoms with van der Waals surface area (Å²) in [4.78, 5) is 11.9. The van der Waals surface area contributed by atoms with E-state index in [0.29, 0.717) is 9.35 Å². The molecule has 0 saturated carbocycles. The minimum atomic E-state index is -0.664. The lowest BCUT2D eigenvalue weighted by atomic mass is 10.2. The Morgan fingerprint density at radius 1 is 1.40 bits per heavy atom. The fourth-order valence-electron chi connectivity index (χ4n) is 1.44. The first-order chi connectivity index (χ1) is 9.51. The quantitative estimate of drug-likeness (QED) is 0.684. The fraction of sp³-hybridized carbons (Fsp3) is 0.0769. The molecule has 1 heterocycles. The predicted octanol–water partition coefficient (Wildman–Crippen LogP) is 4.55. The van der Waals surface area contributed by atoms with Crippen LogP contribution in [0, 0.1) is 17.1 Å². The molecule has 0 spiro atoms. The van der Waals surface area contributed by atoms with E-state index < -0.39 is 5.82 Å². The minimum Gasteiger partial charge on any atom is -0.482 e. The van der Waals surface area contributed by atoms with Crippen LogP contribution in [-0.2, 0) is 0 Å². The summed E-state index contributed by atoms with van der Waals surface area (Å²) in [6.07, 6.45) is 0. The van der Waals surface area contributed by atoms with E-state index in [0.717, 1.165) is 9.85 Å². The number of nitriles is 1. The standard InChI is InChI=1S/C13H6Br2FNO2S/c14-12-4-8(13(15)20-12)10(18)6-19-11-2-1-7(5-17)3-9(11)16/h1-4H,6H2. The molecule has 2 rings (SSSR count). The van der Waals surface area contributed by atoms with Crippen LogP contribution < -0.4 is 4.74 Å². The lowest BCUT2D eigenvalue weighted by molar-refractivity contribution is 0.0918. The molecule has 0 amide bonds. The Morgan fingerprint density at radius 3 is 2.70 bits per heavy atom. The first-order valence-electron chi connectivity index (χ1n) is 5.31. The van der Waals surface area contributed by atoms with E-state index in [9.17, 15) is 9.18 Å². The topological polar surface area (TPSA) is 50.1 Å². The molecule has 0 aliphatic carbocycles. The molecule has 0 unspecified atom stereocenters. The van der Waals surface area contributed by atoms with Crippen LogP contribution in [-0.4, -0.2) is 12.4 Å². The molecular formula is C13H6Br2FNO2S. The second kappa shape index (κ2) is 6.48. The van der Waals surface area contributed by atoms with Crippen molar-refractivity contribution in [2.24, 2.45) is 0 Å². The van der Waals surface area contributed by atoms with E-state index in [1.54, 1.807) is 6.07 Å².